The molecule has 0 unspecified atom stereocenters. The van der Waals surface area contributed by atoms with Crippen molar-refractivity contribution < 1.29 is 0 Å². The number of fused-ring (bicyclic) bond motifs is 12. The molecule has 0 spiro atoms. The van der Waals surface area contributed by atoms with E-state index in [9.17, 15) is 0 Å². The molecule has 3 aromatic carbocycles. The third kappa shape index (κ3) is 7.09. The summed E-state index contributed by atoms with van der Waals surface area (Å²) in [7, 11) is 0. The average Bonchev–Trinajstić information content (AvgIpc) is 3.93. The smallest absolute Gasteiger partial charge is 0.656 e. The first-order chi connectivity index (χ1) is 28.5. The van der Waals surface area contributed by atoms with Gasteiger partial charge in [0.15, 0.2) is 35.0 Å². The Balaban J connectivity index is 0.00000484. The van der Waals surface area contributed by atoms with Gasteiger partial charge in [0, 0.05) is 33.4 Å². The molecule has 0 saturated carbocycles. The second-order valence-corrected chi connectivity index (χ2v) is 15.6. The van der Waals surface area contributed by atoms with Gasteiger partial charge in [-0.3, -0.25) is 0 Å². The standard InChI is InChI=1S/C48H50N10.Mg/c1-7-17-31-32(18-8-2)42-51-41(31)52-43-33(19-9-3)35(21-11-5)45(54-43)56-47-39-40(48(58-47)57-46-36(22-12-6)34(20-10-4)44(53-42)55-46)50-38-30-26-16-14-24-28(30)27-23-13-15-25-29(27)37(38)49-39;/h13-16,23-26H,7-12,17-22H2,1-6H3;/q-2;+2. The van der Waals surface area contributed by atoms with Crippen LogP contribution in [0.5, 0.6) is 0 Å². The van der Waals surface area contributed by atoms with E-state index in [-0.39, 0.29) is 23.1 Å². The van der Waals surface area contributed by atoms with E-state index in [4.69, 9.17) is 50.6 Å². The van der Waals surface area contributed by atoms with Crippen molar-refractivity contribution in [1.29, 1.82) is 0 Å². The second-order valence-electron chi connectivity index (χ2n) is 15.6. The van der Waals surface area contributed by atoms with Crippen molar-refractivity contribution in [2.75, 3.05) is 0 Å². The van der Waals surface area contributed by atoms with Crippen LogP contribution in [-0.4, -0.2) is 69.7 Å². The summed E-state index contributed by atoms with van der Waals surface area (Å²) in [5, 5.41) is 15.2. The molecule has 0 atom stereocenters. The van der Waals surface area contributed by atoms with Gasteiger partial charge >= 0.3 is 23.1 Å². The normalized spacial score (nSPS) is 18.1. The number of hydrogen-bond acceptors (Lipinski definition) is 8. The minimum atomic E-state index is 0. The summed E-state index contributed by atoms with van der Waals surface area (Å²) in [5.41, 5.74) is 9.57. The molecule has 0 fully saturated rings. The van der Waals surface area contributed by atoms with E-state index in [1.165, 1.54) is 0 Å². The zero-order valence-corrected chi connectivity index (χ0v) is 36.7. The molecule has 0 saturated heterocycles. The van der Waals surface area contributed by atoms with Crippen LogP contribution in [0.3, 0.4) is 0 Å². The summed E-state index contributed by atoms with van der Waals surface area (Å²) in [6.07, 6.45) is 10.7. The molecular weight excluding hydrogens is 741 g/mol. The van der Waals surface area contributed by atoms with E-state index in [1.807, 2.05) is 0 Å². The van der Waals surface area contributed by atoms with Crippen LogP contribution >= 0.6 is 0 Å². The zero-order valence-electron chi connectivity index (χ0n) is 35.3. The fourth-order valence-corrected chi connectivity index (χ4v) is 8.88. The summed E-state index contributed by atoms with van der Waals surface area (Å²) >= 11 is 0. The van der Waals surface area contributed by atoms with Gasteiger partial charge in [-0.1, -0.05) is 129 Å². The molecule has 6 aliphatic rings. The molecule has 6 aliphatic heterocycles. The minimum Gasteiger partial charge on any atom is -0.656 e. The molecule has 0 N–H and O–H groups in total. The van der Waals surface area contributed by atoms with Crippen molar-refractivity contribution in [1.82, 2.24) is 0 Å². The van der Waals surface area contributed by atoms with Gasteiger partial charge in [0.2, 0.25) is 0 Å². The quantitative estimate of drug-likeness (QED) is 0.128. The van der Waals surface area contributed by atoms with Crippen LogP contribution in [0.25, 0.3) is 32.2 Å². The summed E-state index contributed by atoms with van der Waals surface area (Å²) in [6.45, 7) is 13.2. The third-order valence-electron chi connectivity index (χ3n) is 11.4. The summed E-state index contributed by atoms with van der Waals surface area (Å²) in [6, 6.07) is 16.8. The molecular formula is C48H50MgN10. The van der Waals surface area contributed by atoms with Gasteiger partial charge < -0.3 is 10.6 Å². The summed E-state index contributed by atoms with van der Waals surface area (Å²) in [5.74, 6) is 4.93. The molecule has 0 aliphatic carbocycles. The van der Waals surface area contributed by atoms with E-state index in [0.717, 1.165) is 143 Å². The molecule has 10 nitrogen and oxygen atoms in total. The maximum atomic E-state index is 5.42. The molecule has 0 aromatic heterocycles. The van der Waals surface area contributed by atoms with Crippen molar-refractivity contribution in [2.24, 2.45) is 39.9 Å². The summed E-state index contributed by atoms with van der Waals surface area (Å²) in [4.78, 5) is 42.2. The molecule has 0 radical (unpaired) electrons. The first-order valence-electron chi connectivity index (χ1n) is 21.5. The molecule has 294 valence electrons. The molecule has 9 rings (SSSR count). The van der Waals surface area contributed by atoms with Crippen LogP contribution in [0.1, 0.15) is 119 Å². The van der Waals surface area contributed by atoms with Gasteiger partial charge in [-0.15, -0.1) is 22.8 Å². The Labute approximate surface area is 363 Å². The topological polar surface area (TPSA) is 127 Å². The van der Waals surface area contributed by atoms with Gasteiger partial charge in [0.1, 0.15) is 11.7 Å². The fraction of sp³-hybridized carbons (Fsp3) is 0.375. The Morgan fingerprint density at radius 3 is 0.814 bits per heavy atom. The molecule has 59 heavy (non-hydrogen) atoms. The van der Waals surface area contributed by atoms with Gasteiger partial charge in [-0.25, -0.2) is 39.9 Å². The predicted octanol–water partition coefficient (Wildman–Crippen LogP) is 12.8. The van der Waals surface area contributed by atoms with Gasteiger partial charge in [-0.05, 0) is 60.1 Å². The number of aliphatic imine (C=N–C) groups is 8. The number of rotatable bonds is 12. The van der Waals surface area contributed by atoms with Crippen LogP contribution in [0.15, 0.2) is 133 Å². The number of hydrogen-bond donors (Lipinski definition) is 0. The van der Waals surface area contributed by atoms with Crippen LogP contribution < -0.4 is 0 Å². The maximum Gasteiger partial charge on any atom is 2.00 e. The Morgan fingerprint density at radius 1 is 0.322 bits per heavy atom. The Hall–Kier alpha value is -5.13. The monoisotopic (exact) mass is 790 g/mol. The van der Waals surface area contributed by atoms with Gasteiger partial charge in [0.05, 0.1) is 0 Å². The molecule has 0 amide bonds. The van der Waals surface area contributed by atoms with Crippen molar-refractivity contribution >= 4 is 103 Å². The molecule has 6 heterocycles. The van der Waals surface area contributed by atoms with Crippen molar-refractivity contribution in [2.45, 2.75) is 119 Å². The van der Waals surface area contributed by atoms with E-state index >= 15 is 0 Å². The zero-order chi connectivity index (χ0) is 39.9. The van der Waals surface area contributed by atoms with Crippen LogP contribution in [0.2, 0.25) is 0 Å². The maximum absolute atomic E-state index is 5.42. The number of amidine groups is 8. The number of nitrogens with zero attached hydrogens (tertiary/aromatic N) is 10. The van der Waals surface area contributed by atoms with Crippen molar-refractivity contribution in [3.05, 3.63) is 104 Å². The average molecular weight is 791 g/mol. The van der Waals surface area contributed by atoms with Crippen LogP contribution in [0, 0.1) is 0 Å². The van der Waals surface area contributed by atoms with Crippen LogP contribution in [0.4, 0.5) is 11.4 Å². The van der Waals surface area contributed by atoms with Crippen molar-refractivity contribution in [3.63, 3.8) is 0 Å². The predicted molar refractivity (Wildman–Crippen MR) is 250 cm³/mol. The third-order valence-corrected chi connectivity index (χ3v) is 11.4. The first kappa shape index (κ1) is 40.6. The summed E-state index contributed by atoms with van der Waals surface area (Å²) < 4.78 is 0. The first-order valence-corrected chi connectivity index (χ1v) is 21.5. The Bertz CT molecular complexity index is 2670. The largest absolute Gasteiger partial charge is 2.00 e. The molecule has 11 heteroatoms. The van der Waals surface area contributed by atoms with E-state index < -0.39 is 0 Å². The number of benzene rings is 3. The second kappa shape index (κ2) is 17.2. The van der Waals surface area contributed by atoms with E-state index in [2.05, 4.69) is 90.1 Å². The molecule has 3 aromatic rings. The van der Waals surface area contributed by atoms with Crippen LogP contribution in [-0.2, 0) is 0 Å². The minimum absolute atomic E-state index is 0. The molecule has 8 bridgehead atoms. The fourth-order valence-electron chi connectivity index (χ4n) is 8.88. The SMILES string of the molecule is CCCC1=C(CCC)C2=NC3=NC(=NC4=NC(=NC5=NC(=NC1=N2)C(CCC)=C5CCC)C1=C4[N-]c2c(c4ccccc4c4ccccc24)[N-]1)C(CCC)=C3CCC.[Mg+2]. The van der Waals surface area contributed by atoms with Gasteiger partial charge in [0.25, 0.3) is 0 Å². The van der Waals surface area contributed by atoms with Gasteiger partial charge in [-0.2, -0.15) is 0 Å². The van der Waals surface area contributed by atoms with Crippen molar-refractivity contribution in [3.8, 4) is 0 Å². The van der Waals surface area contributed by atoms with E-state index in [0.29, 0.717) is 58.1 Å². The Kier molecular flexibility index (Phi) is 11.9. The van der Waals surface area contributed by atoms with E-state index in [1.54, 1.807) is 0 Å². The Morgan fingerprint density at radius 2 is 0.542 bits per heavy atom.